The molecule has 0 amide bonds. The molecular formula is C14H21NO2. The zero-order valence-corrected chi connectivity index (χ0v) is 10.4. The number of aldehydes is 1. The molecule has 3 nitrogen and oxygen atoms in total. The maximum absolute atomic E-state index is 10.2. The molecule has 0 atom stereocenters. The highest BCUT2D eigenvalue weighted by Crippen LogP contribution is 2.14. The van der Waals surface area contributed by atoms with Crippen LogP contribution in [0.4, 0.5) is 0 Å². The third-order valence-corrected chi connectivity index (χ3v) is 2.90. The van der Waals surface area contributed by atoms with Crippen molar-refractivity contribution >= 4 is 6.29 Å². The molecule has 0 aromatic heterocycles. The highest BCUT2D eigenvalue weighted by Gasteiger charge is 2.06. The third-order valence-electron chi connectivity index (χ3n) is 2.90. The number of rotatable bonds is 2. The molecule has 94 valence electrons. The smallest absolute Gasteiger partial charge is 0.150 e. The number of hydrogen-bond acceptors (Lipinski definition) is 3. The van der Waals surface area contributed by atoms with Crippen LogP contribution in [0.15, 0.2) is 24.3 Å². The van der Waals surface area contributed by atoms with Crippen molar-refractivity contribution in [1.82, 2.24) is 0 Å². The Kier molecular flexibility index (Phi) is 6.33. The van der Waals surface area contributed by atoms with Crippen molar-refractivity contribution in [3.63, 3.8) is 0 Å². The molecule has 0 bridgehead atoms. The molecule has 0 saturated heterocycles. The van der Waals surface area contributed by atoms with Gasteiger partial charge in [0.1, 0.15) is 12.0 Å². The maximum atomic E-state index is 10.2. The van der Waals surface area contributed by atoms with Crippen LogP contribution in [0.5, 0.6) is 5.75 Å². The van der Waals surface area contributed by atoms with Crippen molar-refractivity contribution < 1.29 is 9.53 Å². The Balaban J connectivity index is 0.000000181. The predicted molar refractivity (Wildman–Crippen MR) is 69.4 cm³/mol. The molecule has 2 rings (SSSR count). The zero-order valence-electron chi connectivity index (χ0n) is 10.4. The number of ether oxygens (including phenoxy) is 1. The van der Waals surface area contributed by atoms with Gasteiger partial charge in [-0.05, 0) is 37.1 Å². The van der Waals surface area contributed by atoms with Crippen LogP contribution in [0, 0.1) is 0 Å². The molecule has 1 fully saturated rings. The van der Waals surface area contributed by atoms with E-state index in [0.29, 0.717) is 11.6 Å². The van der Waals surface area contributed by atoms with Gasteiger partial charge in [-0.25, -0.2) is 0 Å². The lowest BCUT2D eigenvalue weighted by atomic mass is 9.97. The van der Waals surface area contributed by atoms with Crippen LogP contribution < -0.4 is 10.5 Å². The Morgan fingerprint density at radius 3 is 2.12 bits per heavy atom. The van der Waals surface area contributed by atoms with Gasteiger partial charge in [0.05, 0.1) is 7.11 Å². The second kappa shape index (κ2) is 7.85. The summed E-state index contributed by atoms with van der Waals surface area (Å²) in [6.45, 7) is 0. The van der Waals surface area contributed by atoms with Gasteiger partial charge in [-0.15, -0.1) is 0 Å². The Hall–Kier alpha value is -1.35. The lowest BCUT2D eigenvalue weighted by Crippen LogP contribution is -2.22. The van der Waals surface area contributed by atoms with E-state index >= 15 is 0 Å². The van der Waals surface area contributed by atoms with E-state index in [0.717, 1.165) is 12.0 Å². The van der Waals surface area contributed by atoms with E-state index in [1.165, 1.54) is 32.1 Å². The molecule has 0 radical (unpaired) electrons. The van der Waals surface area contributed by atoms with Gasteiger partial charge in [-0.3, -0.25) is 4.79 Å². The highest BCUT2D eigenvalue weighted by molar-refractivity contribution is 5.74. The van der Waals surface area contributed by atoms with Crippen molar-refractivity contribution in [1.29, 1.82) is 0 Å². The van der Waals surface area contributed by atoms with Crippen molar-refractivity contribution in [2.45, 2.75) is 38.1 Å². The Morgan fingerprint density at radius 1 is 1.18 bits per heavy atom. The average Bonchev–Trinajstić information content (AvgIpc) is 2.40. The first-order valence-electron chi connectivity index (χ1n) is 6.11. The van der Waals surface area contributed by atoms with E-state index < -0.39 is 0 Å². The molecule has 1 saturated carbocycles. The minimum Gasteiger partial charge on any atom is -0.497 e. The van der Waals surface area contributed by atoms with Gasteiger partial charge in [0.2, 0.25) is 0 Å². The van der Waals surface area contributed by atoms with E-state index in [1.54, 1.807) is 31.4 Å². The number of benzene rings is 1. The standard InChI is InChI=1S/C8H8O2.C6H13N/c1-10-8-4-2-7(6-9)3-5-8;7-6-4-2-1-3-5-6/h2-6H,1H3;6H,1-5,7H2. The van der Waals surface area contributed by atoms with E-state index in [-0.39, 0.29) is 0 Å². The fourth-order valence-electron chi connectivity index (χ4n) is 1.82. The molecule has 17 heavy (non-hydrogen) atoms. The summed E-state index contributed by atoms with van der Waals surface area (Å²) in [7, 11) is 1.59. The quantitative estimate of drug-likeness (QED) is 0.802. The normalized spacial score (nSPS) is 15.6. The number of hydrogen-bond donors (Lipinski definition) is 1. The summed E-state index contributed by atoms with van der Waals surface area (Å²) in [4.78, 5) is 10.2. The van der Waals surface area contributed by atoms with Gasteiger partial charge in [-0.2, -0.15) is 0 Å². The van der Waals surface area contributed by atoms with E-state index in [9.17, 15) is 4.79 Å². The summed E-state index contributed by atoms with van der Waals surface area (Å²) in [5.41, 5.74) is 6.30. The number of nitrogens with two attached hydrogens (primary N) is 1. The average molecular weight is 235 g/mol. The molecule has 1 aliphatic carbocycles. The summed E-state index contributed by atoms with van der Waals surface area (Å²) >= 11 is 0. The second-order valence-electron chi connectivity index (χ2n) is 4.29. The van der Waals surface area contributed by atoms with E-state index in [4.69, 9.17) is 10.5 Å². The molecule has 1 aliphatic rings. The molecule has 0 aliphatic heterocycles. The van der Waals surface area contributed by atoms with Gasteiger partial charge in [0, 0.05) is 11.6 Å². The van der Waals surface area contributed by atoms with Gasteiger partial charge in [-0.1, -0.05) is 19.3 Å². The van der Waals surface area contributed by atoms with Crippen molar-refractivity contribution in [2.24, 2.45) is 5.73 Å². The SMILES string of the molecule is COc1ccc(C=O)cc1.NC1CCCCC1. The molecule has 0 unspecified atom stereocenters. The third kappa shape index (κ3) is 5.50. The summed E-state index contributed by atoms with van der Waals surface area (Å²) in [6, 6.07) is 7.47. The van der Waals surface area contributed by atoms with Crippen LogP contribution in [0.3, 0.4) is 0 Å². The molecule has 1 aromatic carbocycles. The lowest BCUT2D eigenvalue weighted by molar-refractivity contribution is 0.112. The molecular weight excluding hydrogens is 214 g/mol. The van der Waals surface area contributed by atoms with E-state index in [1.807, 2.05) is 0 Å². The van der Waals surface area contributed by atoms with Crippen LogP contribution in [-0.2, 0) is 0 Å². The first kappa shape index (κ1) is 13.7. The Morgan fingerprint density at radius 2 is 1.76 bits per heavy atom. The van der Waals surface area contributed by atoms with Gasteiger partial charge >= 0.3 is 0 Å². The molecule has 3 heteroatoms. The van der Waals surface area contributed by atoms with Crippen molar-refractivity contribution in [2.75, 3.05) is 7.11 Å². The maximum Gasteiger partial charge on any atom is 0.150 e. The number of carbonyl (C=O) groups excluding carboxylic acids is 1. The van der Waals surface area contributed by atoms with Gasteiger partial charge < -0.3 is 10.5 Å². The summed E-state index contributed by atoms with van der Waals surface area (Å²) < 4.78 is 4.90. The van der Waals surface area contributed by atoms with Crippen LogP contribution in [-0.4, -0.2) is 19.4 Å². The van der Waals surface area contributed by atoms with E-state index in [2.05, 4.69) is 0 Å². The zero-order chi connectivity index (χ0) is 12.5. The van der Waals surface area contributed by atoms with Crippen molar-refractivity contribution in [3.05, 3.63) is 29.8 Å². The summed E-state index contributed by atoms with van der Waals surface area (Å²) in [6.07, 6.45) is 7.47. The fourth-order valence-corrected chi connectivity index (χ4v) is 1.82. The topological polar surface area (TPSA) is 52.3 Å². The first-order valence-corrected chi connectivity index (χ1v) is 6.11. The number of methoxy groups -OCH3 is 1. The summed E-state index contributed by atoms with van der Waals surface area (Å²) in [5.74, 6) is 0.769. The summed E-state index contributed by atoms with van der Waals surface area (Å²) in [5, 5.41) is 0. The molecule has 1 aromatic rings. The molecule has 0 heterocycles. The minimum absolute atomic E-state index is 0.536. The highest BCUT2D eigenvalue weighted by atomic mass is 16.5. The lowest BCUT2D eigenvalue weighted by Gasteiger charge is -2.15. The van der Waals surface area contributed by atoms with Crippen LogP contribution in [0.25, 0.3) is 0 Å². The van der Waals surface area contributed by atoms with Crippen molar-refractivity contribution in [3.8, 4) is 5.75 Å². The second-order valence-corrected chi connectivity index (χ2v) is 4.29. The van der Waals surface area contributed by atoms with Gasteiger partial charge in [0.15, 0.2) is 0 Å². The monoisotopic (exact) mass is 235 g/mol. The largest absolute Gasteiger partial charge is 0.497 e. The Labute approximate surface area is 103 Å². The molecule has 0 spiro atoms. The van der Waals surface area contributed by atoms with Gasteiger partial charge in [0.25, 0.3) is 0 Å². The predicted octanol–water partition coefficient (Wildman–Crippen LogP) is 2.79. The molecule has 2 N–H and O–H groups in total. The minimum atomic E-state index is 0.536. The first-order chi connectivity index (χ1) is 8.26. The van der Waals surface area contributed by atoms with Crippen LogP contribution in [0.1, 0.15) is 42.5 Å². The fraction of sp³-hybridized carbons (Fsp3) is 0.500. The van der Waals surface area contributed by atoms with Crippen LogP contribution in [0.2, 0.25) is 0 Å². The Bertz CT molecular complexity index is 315. The van der Waals surface area contributed by atoms with Crippen LogP contribution >= 0.6 is 0 Å². The number of carbonyl (C=O) groups is 1.